The average molecular weight is 353 g/mol. The van der Waals surface area contributed by atoms with E-state index in [0.717, 1.165) is 11.4 Å². The van der Waals surface area contributed by atoms with Crippen LogP contribution in [0.2, 0.25) is 0 Å². The minimum absolute atomic E-state index is 0.181. The zero-order valence-corrected chi connectivity index (χ0v) is 14.5. The summed E-state index contributed by atoms with van der Waals surface area (Å²) in [4.78, 5) is 12.2. The van der Waals surface area contributed by atoms with Crippen LogP contribution in [0, 0.1) is 0 Å². The monoisotopic (exact) mass is 353 g/mol. The van der Waals surface area contributed by atoms with Crippen LogP contribution in [-0.4, -0.2) is 39.3 Å². The number of carbonyl (C=O) groups is 1. The fourth-order valence-electron chi connectivity index (χ4n) is 2.31. The highest BCUT2D eigenvalue weighted by Gasteiger charge is 2.16. The highest BCUT2D eigenvalue weighted by atomic mass is 16.5. The number of carbonyl (C=O) groups excluding carboxylic acids is 1. The number of methoxy groups -OCH3 is 1. The number of aromatic nitrogens is 4. The molecule has 0 aliphatic carbocycles. The Hall–Kier alpha value is -3.42. The molecule has 0 spiro atoms. The Bertz CT molecular complexity index is 849. The van der Waals surface area contributed by atoms with Crippen molar-refractivity contribution >= 4 is 5.91 Å². The second kappa shape index (κ2) is 8.11. The van der Waals surface area contributed by atoms with Gasteiger partial charge in [-0.05, 0) is 53.7 Å². The lowest BCUT2D eigenvalue weighted by Crippen LogP contribution is -2.36. The molecule has 1 unspecified atom stereocenters. The molecular formula is C18H19N5O3. The van der Waals surface area contributed by atoms with E-state index in [1.807, 2.05) is 42.5 Å². The van der Waals surface area contributed by atoms with Crippen molar-refractivity contribution in [1.29, 1.82) is 0 Å². The largest absolute Gasteiger partial charge is 0.497 e. The van der Waals surface area contributed by atoms with Crippen LogP contribution < -0.4 is 14.8 Å². The van der Waals surface area contributed by atoms with Gasteiger partial charge in [0.1, 0.15) is 11.5 Å². The van der Waals surface area contributed by atoms with Crippen molar-refractivity contribution in [2.75, 3.05) is 7.11 Å². The molecule has 1 heterocycles. The van der Waals surface area contributed by atoms with E-state index >= 15 is 0 Å². The molecule has 1 N–H and O–H groups in total. The highest BCUT2D eigenvalue weighted by Crippen LogP contribution is 2.15. The van der Waals surface area contributed by atoms with Gasteiger partial charge in [-0.1, -0.05) is 18.2 Å². The Morgan fingerprint density at radius 1 is 1.12 bits per heavy atom. The Morgan fingerprint density at radius 2 is 1.85 bits per heavy atom. The molecule has 2 aromatic carbocycles. The Kier molecular flexibility index (Phi) is 5.43. The molecule has 26 heavy (non-hydrogen) atoms. The van der Waals surface area contributed by atoms with Crippen molar-refractivity contribution in [2.45, 2.75) is 19.6 Å². The summed E-state index contributed by atoms with van der Waals surface area (Å²) in [7, 11) is 1.60. The first-order valence-corrected chi connectivity index (χ1v) is 8.08. The maximum atomic E-state index is 12.2. The number of amides is 1. The predicted molar refractivity (Wildman–Crippen MR) is 94.1 cm³/mol. The molecule has 0 saturated heterocycles. The molecule has 0 bridgehead atoms. The first-order valence-electron chi connectivity index (χ1n) is 8.08. The van der Waals surface area contributed by atoms with Gasteiger partial charge in [-0.2, -0.15) is 4.68 Å². The van der Waals surface area contributed by atoms with Crippen molar-refractivity contribution in [3.05, 3.63) is 60.4 Å². The molecule has 1 aromatic heterocycles. The van der Waals surface area contributed by atoms with E-state index in [9.17, 15) is 4.79 Å². The SMILES string of the molecule is COc1ccc(-n2nnnc2CNC(=O)C(C)Oc2ccccc2)cc1. The summed E-state index contributed by atoms with van der Waals surface area (Å²) in [6, 6.07) is 16.5. The number of hydrogen-bond donors (Lipinski definition) is 1. The molecule has 134 valence electrons. The van der Waals surface area contributed by atoms with Gasteiger partial charge in [0.15, 0.2) is 11.9 Å². The summed E-state index contributed by atoms with van der Waals surface area (Å²) in [5.41, 5.74) is 0.772. The first kappa shape index (κ1) is 17.4. The molecule has 3 rings (SSSR count). The molecule has 0 radical (unpaired) electrons. The second-order valence-corrected chi connectivity index (χ2v) is 5.50. The third-order valence-electron chi connectivity index (χ3n) is 3.70. The first-order chi connectivity index (χ1) is 12.7. The molecule has 0 fully saturated rings. The van der Waals surface area contributed by atoms with E-state index < -0.39 is 6.10 Å². The Balaban J connectivity index is 1.61. The zero-order valence-electron chi connectivity index (χ0n) is 14.5. The van der Waals surface area contributed by atoms with Gasteiger partial charge in [0.2, 0.25) is 0 Å². The van der Waals surface area contributed by atoms with Gasteiger partial charge in [-0.25, -0.2) is 0 Å². The lowest BCUT2D eigenvalue weighted by Gasteiger charge is -2.14. The quantitative estimate of drug-likeness (QED) is 0.696. The van der Waals surface area contributed by atoms with Crippen LogP contribution in [0.3, 0.4) is 0 Å². The third-order valence-corrected chi connectivity index (χ3v) is 3.70. The summed E-state index contributed by atoms with van der Waals surface area (Å²) in [6.07, 6.45) is -0.636. The summed E-state index contributed by atoms with van der Waals surface area (Å²) >= 11 is 0. The van der Waals surface area contributed by atoms with Gasteiger partial charge >= 0.3 is 0 Å². The number of ether oxygens (including phenoxy) is 2. The van der Waals surface area contributed by atoms with E-state index in [4.69, 9.17) is 9.47 Å². The van der Waals surface area contributed by atoms with Crippen LogP contribution in [0.15, 0.2) is 54.6 Å². The van der Waals surface area contributed by atoms with Crippen molar-refractivity contribution in [1.82, 2.24) is 25.5 Å². The highest BCUT2D eigenvalue weighted by molar-refractivity contribution is 5.80. The molecular weight excluding hydrogens is 334 g/mol. The Morgan fingerprint density at radius 3 is 2.54 bits per heavy atom. The third kappa shape index (κ3) is 4.15. The number of benzene rings is 2. The smallest absolute Gasteiger partial charge is 0.261 e. The molecule has 0 saturated carbocycles. The minimum Gasteiger partial charge on any atom is -0.497 e. The number of hydrogen-bond acceptors (Lipinski definition) is 6. The molecule has 1 atom stereocenters. The van der Waals surface area contributed by atoms with Crippen molar-refractivity contribution in [3.8, 4) is 17.2 Å². The number of tetrazole rings is 1. The van der Waals surface area contributed by atoms with Crippen LogP contribution in [0.25, 0.3) is 5.69 Å². The van der Waals surface area contributed by atoms with E-state index in [1.165, 1.54) is 0 Å². The number of nitrogens with zero attached hydrogens (tertiary/aromatic N) is 4. The molecule has 3 aromatic rings. The predicted octanol–water partition coefficient (Wildman–Crippen LogP) is 1.75. The lowest BCUT2D eigenvalue weighted by molar-refractivity contribution is -0.127. The molecule has 0 aliphatic rings. The van der Waals surface area contributed by atoms with Gasteiger partial charge in [0.25, 0.3) is 5.91 Å². The van der Waals surface area contributed by atoms with Crippen LogP contribution in [0.4, 0.5) is 0 Å². The van der Waals surface area contributed by atoms with Crippen LogP contribution in [0.5, 0.6) is 11.5 Å². The topological polar surface area (TPSA) is 91.2 Å². The molecule has 1 amide bonds. The number of nitrogens with one attached hydrogen (secondary N) is 1. The minimum atomic E-state index is -0.636. The maximum Gasteiger partial charge on any atom is 0.261 e. The average Bonchev–Trinajstić information content (AvgIpc) is 3.15. The fourth-order valence-corrected chi connectivity index (χ4v) is 2.31. The standard InChI is InChI=1S/C18H19N5O3/c1-13(26-16-6-4-3-5-7-16)18(24)19-12-17-20-21-22-23(17)14-8-10-15(25-2)11-9-14/h3-11,13H,12H2,1-2H3,(H,19,24). The summed E-state index contributed by atoms with van der Waals surface area (Å²) < 4.78 is 12.3. The van der Waals surface area contributed by atoms with Gasteiger partial charge in [-0.3, -0.25) is 4.79 Å². The van der Waals surface area contributed by atoms with Gasteiger partial charge < -0.3 is 14.8 Å². The van der Waals surface area contributed by atoms with Gasteiger partial charge in [-0.15, -0.1) is 5.10 Å². The van der Waals surface area contributed by atoms with Crippen molar-refractivity contribution < 1.29 is 14.3 Å². The zero-order chi connectivity index (χ0) is 18.4. The van der Waals surface area contributed by atoms with Crippen molar-refractivity contribution in [2.24, 2.45) is 0 Å². The summed E-state index contributed by atoms with van der Waals surface area (Å²) in [5, 5.41) is 14.4. The molecule has 8 heteroatoms. The maximum absolute atomic E-state index is 12.2. The van der Waals surface area contributed by atoms with Crippen LogP contribution in [0.1, 0.15) is 12.7 Å². The number of para-hydroxylation sites is 1. The number of rotatable bonds is 7. The summed E-state index contributed by atoms with van der Waals surface area (Å²) in [6.45, 7) is 1.87. The van der Waals surface area contributed by atoms with Gasteiger partial charge in [0.05, 0.1) is 19.3 Å². The molecule has 8 nitrogen and oxygen atoms in total. The Labute approximate surface area is 150 Å². The van der Waals surface area contributed by atoms with Gasteiger partial charge in [0, 0.05) is 0 Å². The van der Waals surface area contributed by atoms with E-state index in [-0.39, 0.29) is 12.5 Å². The van der Waals surface area contributed by atoms with Crippen LogP contribution in [-0.2, 0) is 11.3 Å². The second-order valence-electron chi connectivity index (χ2n) is 5.50. The lowest BCUT2D eigenvalue weighted by atomic mass is 10.3. The fraction of sp³-hybridized carbons (Fsp3) is 0.222. The summed E-state index contributed by atoms with van der Waals surface area (Å²) in [5.74, 6) is 1.63. The van der Waals surface area contributed by atoms with E-state index in [2.05, 4.69) is 20.8 Å². The van der Waals surface area contributed by atoms with Crippen LogP contribution >= 0.6 is 0 Å². The van der Waals surface area contributed by atoms with Crippen molar-refractivity contribution in [3.63, 3.8) is 0 Å². The normalized spacial score (nSPS) is 11.6. The van der Waals surface area contributed by atoms with E-state index in [1.54, 1.807) is 30.8 Å². The van der Waals surface area contributed by atoms with E-state index in [0.29, 0.717) is 11.6 Å². The molecule has 0 aliphatic heterocycles.